The zero-order valence-corrected chi connectivity index (χ0v) is 18.4. The molecule has 8 nitrogen and oxygen atoms in total. The number of hydrogen-bond acceptors (Lipinski definition) is 7. The van der Waals surface area contributed by atoms with E-state index >= 15 is 0 Å². The van der Waals surface area contributed by atoms with Gasteiger partial charge in [-0.3, -0.25) is 9.59 Å². The monoisotopic (exact) mass is 458 g/mol. The Bertz CT molecular complexity index is 1040. The molecule has 1 amide bonds. The Kier molecular flexibility index (Phi) is 5.50. The molecule has 3 heterocycles. The number of ether oxygens (including phenoxy) is 1. The minimum atomic E-state index is -0.859. The molecule has 1 aliphatic carbocycles. The fourth-order valence-corrected chi connectivity index (χ4v) is 4.73. The van der Waals surface area contributed by atoms with Crippen molar-refractivity contribution >= 4 is 34.5 Å². The van der Waals surface area contributed by atoms with Crippen molar-refractivity contribution in [1.29, 1.82) is 0 Å². The van der Waals surface area contributed by atoms with Gasteiger partial charge in [-0.2, -0.15) is 0 Å². The second-order valence-electron chi connectivity index (χ2n) is 8.43. The fourth-order valence-electron chi connectivity index (χ4n) is 3.95. The van der Waals surface area contributed by atoms with Crippen LogP contribution in [-0.2, 0) is 16.0 Å². The van der Waals surface area contributed by atoms with E-state index in [1.54, 1.807) is 23.5 Å². The van der Waals surface area contributed by atoms with Crippen LogP contribution in [0.5, 0.6) is 5.75 Å². The predicted molar refractivity (Wildman–Crippen MR) is 117 cm³/mol. The zero-order valence-electron chi connectivity index (χ0n) is 17.6. The molecule has 32 heavy (non-hydrogen) atoms. The molecule has 1 saturated carbocycles. The van der Waals surface area contributed by atoms with Crippen molar-refractivity contribution in [2.24, 2.45) is 5.92 Å². The Morgan fingerprint density at radius 3 is 2.56 bits per heavy atom. The molecule has 2 saturated heterocycles. The van der Waals surface area contributed by atoms with Gasteiger partial charge in [0.25, 0.3) is 5.91 Å². The smallest absolute Gasteiger partial charge is 0.268 e. The molecule has 1 aromatic heterocycles. The van der Waals surface area contributed by atoms with E-state index in [4.69, 9.17) is 4.74 Å². The summed E-state index contributed by atoms with van der Waals surface area (Å²) in [6.45, 7) is 1.75. The summed E-state index contributed by atoms with van der Waals surface area (Å²) in [4.78, 5) is 37.1. The number of ketones is 1. The molecule has 0 spiro atoms. The van der Waals surface area contributed by atoms with E-state index in [9.17, 15) is 18.5 Å². The molecular formula is C22H23FN4O4S. The van der Waals surface area contributed by atoms with Crippen LogP contribution in [0.1, 0.15) is 29.6 Å². The van der Waals surface area contributed by atoms with Gasteiger partial charge in [-0.1, -0.05) is 11.2 Å². The van der Waals surface area contributed by atoms with Crippen molar-refractivity contribution in [2.45, 2.75) is 30.6 Å². The van der Waals surface area contributed by atoms with Crippen LogP contribution in [0.4, 0.5) is 16.0 Å². The molecule has 3 fully saturated rings. The first-order valence-corrected chi connectivity index (χ1v) is 12.2. The highest BCUT2D eigenvalue weighted by molar-refractivity contribution is 7.91. The Balaban J connectivity index is 1.21. The highest BCUT2D eigenvalue weighted by Crippen LogP contribution is 2.34. The molecule has 5 rings (SSSR count). The van der Waals surface area contributed by atoms with Gasteiger partial charge in [-0.15, -0.1) is 0 Å². The Labute approximate surface area is 188 Å². The van der Waals surface area contributed by atoms with Gasteiger partial charge in [0.05, 0.1) is 43.0 Å². The van der Waals surface area contributed by atoms with Gasteiger partial charge in [-0.05, 0) is 25.0 Å². The molecule has 2 aliphatic heterocycles. The van der Waals surface area contributed by atoms with E-state index in [-0.39, 0.29) is 34.2 Å². The van der Waals surface area contributed by atoms with E-state index in [0.29, 0.717) is 37.7 Å². The number of benzene rings is 1. The highest BCUT2D eigenvalue weighted by atomic mass is 32.2. The summed E-state index contributed by atoms with van der Waals surface area (Å²) in [5.41, 5.74) is 0.646. The van der Waals surface area contributed by atoms with Gasteiger partial charge in [0.1, 0.15) is 16.8 Å². The van der Waals surface area contributed by atoms with Crippen LogP contribution in [0.3, 0.4) is 0 Å². The number of nitrogens with zero attached hydrogens (tertiary/aromatic N) is 4. The van der Waals surface area contributed by atoms with Gasteiger partial charge < -0.3 is 19.1 Å². The van der Waals surface area contributed by atoms with Crippen LogP contribution in [0.25, 0.3) is 0 Å². The number of anilines is 2. The summed E-state index contributed by atoms with van der Waals surface area (Å²) in [5.74, 6) is -0.324. The molecule has 168 valence electrons. The van der Waals surface area contributed by atoms with Crippen molar-refractivity contribution in [2.75, 3.05) is 35.7 Å². The molecule has 1 aromatic carbocycles. The number of aromatic nitrogens is 2. The summed E-state index contributed by atoms with van der Waals surface area (Å²) in [5, 5.41) is 0.141. The van der Waals surface area contributed by atoms with Gasteiger partial charge in [0.2, 0.25) is 5.95 Å². The van der Waals surface area contributed by atoms with Crippen LogP contribution in [0, 0.1) is 11.7 Å². The molecule has 0 bridgehead atoms. The summed E-state index contributed by atoms with van der Waals surface area (Å²) in [6, 6.07) is 4.15. The molecule has 2 aromatic rings. The third-order valence-electron chi connectivity index (χ3n) is 6.13. The van der Waals surface area contributed by atoms with E-state index in [1.807, 2.05) is 4.90 Å². The van der Waals surface area contributed by atoms with Crippen LogP contribution < -0.4 is 14.5 Å². The summed E-state index contributed by atoms with van der Waals surface area (Å²) in [7, 11) is 0. The first kappa shape index (κ1) is 21.1. The average Bonchev–Trinajstić information content (AvgIpc) is 3.52. The summed E-state index contributed by atoms with van der Waals surface area (Å²) >= 11 is -0.859. The number of amides is 1. The second-order valence-corrected chi connectivity index (χ2v) is 10.1. The minimum Gasteiger partial charge on any atom is -0.616 e. The number of Topliss-reactive ketones (excluding diaryl/α,β-unsaturated/α-hetero) is 1. The minimum absolute atomic E-state index is 0.0621. The highest BCUT2D eigenvalue weighted by Gasteiger charge is 2.37. The predicted octanol–water partition coefficient (Wildman–Crippen LogP) is 1.96. The summed E-state index contributed by atoms with van der Waals surface area (Å²) in [6.07, 6.45) is 6.21. The van der Waals surface area contributed by atoms with Gasteiger partial charge >= 0.3 is 0 Å². The second kappa shape index (κ2) is 8.32. The maximum absolute atomic E-state index is 14.4. The maximum Gasteiger partial charge on any atom is 0.268 e. The first-order valence-electron chi connectivity index (χ1n) is 10.6. The lowest BCUT2D eigenvalue weighted by Gasteiger charge is -2.38. The van der Waals surface area contributed by atoms with Crippen LogP contribution >= 0.6 is 0 Å². The Morgan fingerprint density at radius 2 is 1.94 bits per heavy atom. The number of halogens is 1. The van der Waals surface area contributed by atoms with Crippen molar-refractivity contribution in [3.63, 3.8) is 0 Å². The molecule has 2 atom stereocenters. The Hall–Kier alpha value is -2.72. The van der Waals surface area contributed by atoms with E-state index in [2.05, 4.69) is 9.97 Å². The van der Waals surface area contributed by atoms with Crippen molar-refractivity contribution in [1.82, 2.24) is 9.97 Å². The standard InChI is InChI=1S/C22H23FN4O4S/c1-32(30)16-11-26(12-16)22-24-9-14(10-25-22)27-7-6-19(21(27)29)31-15-4-5-17(18(23)8-15)20(28)13-2-3-13/h4-5,8-10,13,16,19H,2-3,6-7,11-12H2,1H3/t19-,32?/m1/s1. The van der Waals surface area contributed by atoms with Crippen LogP contribution in [-0.4, -0.2) is 63.5 Å². The van der Waals surface area contributed by atoms with Crippen LogP contribution in [0.15, 0.2) is 30.6 Å². The number of carbonyl (C=O) groups is 2. The zero-order chi connectivity index (χ0) is 22.4. The average molecular weight is 459 g/mol. The van der Waals surface area contributed by atoms with E-state index in [1.165, 1.54) is 18.2 Å². The first-order chi connectivity index (χ1) is 15.4. The lowest BCUT2D eigenvalue weighted by molar-refractivity contribution is -0.122. The molecule has 10 heteroatoms. The molecule has 0 N–H and O–H groups in total. The van der Waals surface area contributed by atoms with E-state index in [0.717, 1.165) is 12.8 Å². The maximum atomic E-state index is 14.4. The topological polar surface area (TPSA) is 98.7 Å². The van der Waals surface area contributed by atoms with Gasteiger partial charge in [0.15, 0.2) is 11.9 Å². The molecule has 1 unspecified atom stereocenters. The Morgan fingerprint density at radius 1 is 1.22 bits per heavy atom. The lowest BCUT2D eigenvalue weighted by Crippen LogP contribution is -2.55. The van der Waals surface area contributed by atoms with Crippen molar-refractivity contribution in [3.8, 4) is 5.75 Å². The van der Waals surface area contributed by atoms with Crippen molar-refractivity contribution in [3.05, 3.63) is 42.0 Å². The fraction of sp³-hybridized carbons (Fsp3) is 0.455. The largest absolute Gasteiger partial charge is 0.616 e. The van der Waals surface area contributed by atoms with Gasteiger partial charge in [-0.25, -0.2) is 14.4 Å². The number of hydrogen-bond donors (Lipinski definition) is 0. The SMILES string of the molecule is C[S+]([O-])C1CN(c2ncc(N3CC[C@@H](Oc4ccc(C(=O)C5CC5)c(F)c4)C3=O)cn2)C1. The third kappa shape index (κ3) is 4.04. The quantitative estimate of drug-likeness (QED) is 0.462. The molecular weight excluding hydrogens is 435 g/mol. The van der Waals surface area contributed by atoms with Crippen molar-refractivity contribution < 1.29 is 23.3 Å². The molecule has 3 aliphatic rings. The van der Waals surface area contributed by atoms with Crippen LogP contribution in [0.2, 0.25) is 0 Å². The van der Waals surface area contributed by atoms with Gasteiger partial charge in [0, 0.05) is 24.9 Å². The molecule has 0 radical (unpaired) electrons. The third-order valence-corrected chi connectivity index (χ3v) is 7.36. The number of carbonyl (C=O) groups excluding carboxylic acids is 2. The number of rotatable bonds is 7. The summed E-state index contributed by atoms with van der Waals surface area (Å²) < 4.78 is 31.6. The van der Waals surface area contributed by atoms with E-state index < -0.39 is 23.1 Å². The normalized spacial score (nSPS) is 22.1. The lowest BCUT2D eigenvalue weighted by atomic mass is 10.1.